The first-order chi connectivity index (χ1) is 10.4. The van der Waals surface area contributed by atoms with E-state index in [0.717, 1.165) is 18.5 Å². The van der Waals surface area contributed by atoms with Gasteiger partial charge >= 0.3 is 6.03 Å². The Labute approximate surface area is 140 Å². The van der Waals surface area contributed by atoms with Gasteiger partial charge in [-0.05, 0) is 35.8 Å². The maximum atomic E-state index is 12.6. The summed E-state index contributed by atoms with van der Waals surface area (Å²) in [5, 5.41) is 3.12. The molecule has 0 atom stereocenters. The maximum absolute atomic E-state index is 12.6. The Morgan fingerprint density at radius 1 is 1.14 bits per heavy atom. The lowest BCUT2D eigenvalue weighted by atomic mass is 9.92. The van der Waals surface area contributed by atoms with E-state index < -0.39 is 0 Å². The minimum atomic E-state index is -0.106. The van der Waals surface area contributed by atoms with Gasteiger partial charge in [0.25, 0.3) is 0 Å². The summed E-state index contributed by atoms with van der Waals surface area (Å²) in [7, 11) is 0. The Balaban J connectivity index is 2.29. The molecule has 3 nitrogen and oxygen atoms in total. The lowest BCUT2D eigenvalue weighted by Crippen LogP contribution is -2.40. The van der Waals surface area contributed by atoms with Crippen LogP contribution in [0.25, 0.3) is 0 Å². The van der Waals surface area contributed by atoms with Crippen LogP contribution in [0, 0.1) is 0 Å². The van der Waals surface area contributed by atoms with Crippen molar-refractivity contribution in [1.82, 2.24) is 5.32 Å². The lowest BCUT2D eigenvalue weighted by Gasteiger charge is -2.27. The van der Waals surface area contributed by atoms with Crippen LogP contribution in [0.5, 0.6) is 0 Å². The molecule has 2 rings (SSSR count). The van der Waals surface area contributed by atoms with Gasteiger partial charge in [-0.2, -0.15) is 0 Å². The molecule has 0 unspecified atom stereocenters. The number of para-hydroxylation sites is 1. The van der Waals surface area contributed by atoms with Gasteiger partial charge in [-0.25, -0.2) is 9.10 Å². The van der Waals surface area contributed by atoms with Crippen molar-refractivity contribution in [3.63, 3.8) is 0 Å². The summed E-state index contributed by atoms with van der Waals surface area (Å²) in [6.45, 7) is 8.61. The molecule has 0 aromatic heterocycles. The molecule has 0 heterocycles. The average Bonchev–Trinajstić information content (AvgIpc) is 2.98. The Kier molecular flexibility index (Phi) is 5.79. The Bertz CT molecular complexity index is 496. The van der Waals surface area contributed by atoms with Crippen molar-refractivity contribution < 1.29 is 4.79 Å². The number of nitrogens with zero attached hydrogens (tertiary/aromatic N) is 1. The molecule has 0 saturated heterocycles. The zero-order valence-corrected chi connectivity index (χ0v) is 15.0. The number of nitrogens with one attached hydrogen (secondary N) is 1. The van der Waals surface area contributed by atoms with Crippen LogP contribution in [0.3, 0.4) is 0 Å². The summed E-state index contributed by atoms with van der Waals surface area (Å²) in [4.78, 5) is 12.6. The highest BCUT2D eigenvalue weighted by molar-refractivity contribution is 7.82. The summed E-state index contributed by atoms with van der Waals surface area (Å²) in [6, 6.07) is 6.46. The van der Waals surface area contributed by atoms with E-state index in [1.54, 1.807) is 0 Å². The molecular weight excluding hydrogens is 292 g/mol. The van der Waals surface area contributed by atoms with E-state index in [9.17, 15) is 4.79 Å². The van der Waals surface area contributed by atoms with Crippen molar-refractivity contribution in [2.24, 2.45) is 0 Å². The van der Waals surface area contributed by atoms with Gasteiger partial charge in [-0.3, -0.25) is 0 Å². The summed E-state index contributed by atoms with van der Waals surface area (Å²) < 4.78 is 1.52. The second kappa shape index (κ2) is 7.40. The number of carbonyl (C=O) groups excluding carboxylic acids is 1. The quantitative estimate of drug-likeness (QED) is 0.731. The van der Waals surface area contributed by atoms with Crippen LogP contribution < -0.4 is 9.62 Å². The van der Waals surface area contributed by atoms with Gasteiger partial charge in [0.1, 0.15) is 0 Å². The molecule has 1 aromatic rings. The second-order valence-electron chi connectivity index (χ2n) is 6.84. The first-order valence-electron chi connectivity index (χ1n) is 8.34. The van der Waals surface area contributed by atoms with Crippen molar-refractivity contribution >= 4 is 24.5 Å². The lowest BCUT2D eigenvalue weighted by molar-refractivity contribution is 0.246. The molecule has 122 valence electrons. The molecule has 1 aromatic carbocycles. The minimum Gasteiger partial charge on any atom is -0.334 e. The molecule has 1 aliphatic rings. The molecule has 4 heteroatoms. The van der Waals surface area contributed by atoms with Gasteiger partial charge < -0.3 is 5.32 Å². The van der Waals surface area contributed by atoms with E-state index in [1.807, 2.05) is 0 Å². The summed E-state index contributed by atoms with van der Waals surface area (Å²) in [6.07, 6.45) is 4.57. The van der Waals surface area contributed by atoms with Gasteiger partial charge in [0.2, 0.25) is 0 Å². The highest BCUT2D eigenvalue weighted by Gasteiger charge is 2.25. The topological polar surface area (TPSA) is 32.3 Å². The summed E-state index contributed by atoms with van der Waals surface area (Å²) in [5.74, 6) is 0.699. The van der Waals surface area contributed by atoms with E-state index >= 15 is 0 Å². The molecule has 1 N–H and O–H groups in total. The third kappa shape index (κ3) is 3.78. The number of rotatable bonds is 4. The van der Waals surface area contributed by atoms with E-state index in [2.05, 4.69) is 64.0 Å². The zero-order chi connectivity index (χ0) is 16.3. The maximum Gasteiger partial charge on any atom is 0.332 e. The molecule has 0 aliphatic heterocycles. The SMILES string of the molecule is CC(C)c1cccc(C(C)C)c1N(S)C(=O)NC1CCCC1. The highest BCUT2D eigenvalue weighted by atomic mass is 32.1. The number of hydrogen-bond donors (Lipinski definition) is 2. The number of benzene rings is 1. The van der Waals surface area contributed by atoms with E-state index in [4.69, 9.17) is 0 Å². The number of amides is 2. The molecule has 22 heavy (non-hydrogen) atoms. The fraction of sp³-hybridized carbons (Fsp3) is 0.611. The smallest absolute Gasteiger partial charge is 0.332 e. The van der Waals surface area contributed by atoms with Gasteiger partial charge in [-0.1, -0.05) is 71.6 Å². The molecule has 1 aliphatic carbocycles. The van der Waals surface area contributed by atoms with Crippen LogP contribution >= 0.6 is 12.8 Å². The van der Waals surface area contributed by atoms with Crippen LogP contribution in [0.2, 0.25) is 0 Å². The van der Waals surface area contributed by atoms with Crippen molar-refractivity contribution in [3.8, 4) is 0 Å². The van der Waals surface area contributed by atoms with Crippen LogP contribution in [0.1, 0.15) is 76.3 Å². The van der Waals surface area contributed by atoms with Gasteiger partial charge in [0.15, 0.2) is 0 Å². The third-order valence-electron chi connectivity index (χ3n) is 4.43. The number of carbonyl (C=O) groups is 1. The van der Waals surface area contributed by atoms with Crippen molar-refractivity contribution in [2.45, 2.75) is 71.3 Å². The van der Waals surface area contributed by atoms with Crippen molar-refractivity contribution in [2.75, 3.05) is 4.31 Å². The number of hydrogen-bond acceptors (Lipinski definition) is 2. The van der Waals surface area contributed by atoms with Crippen molar-refractivity contribution in [3.05, 3.63) is 29.3 Å². The van der Waals surface area contributed by atoms with Gasteiger partial charge in [-0.15, -0.1) is 0 Å². The zero-order valence-electron chi connectivity index (χ0n) is 14.1. The Morgan fingerprint density at radius 2 is 1.64 bits per heavy atom. The van der Waals surface area contributed by atoms with Crippen LogP contribution in [0.4, 0.5) is 10.5 Å². The van der Waals surface area contributed by atoms with Crippen LogP contribution in [0.15, 0.2) is 18.2 Å². The minimum absolute atomic E-state index is 0.106. The van der Waals surface area contributed by atoms with Crippen LogP contribution in [-0.4, -0.2) is 12.1 Å². The number of anilines is 1. The predicted octanol–water partition coefficient (Wildman–Crippen LogP) is 5.24. The highest BCUT2D eigenvalue weighted by Crippen LogP contribution is 2.36. The first kappa shape index (κ1) is 17.2. The second-order valence-corrected chi connectivity index (χ2v) is 7.24. The summed E-state index contributed by atoms with van der Waals surface area (Å²) >= 11 is 4.54. The molecule has 2 amide bonds. The fourth-order valence-electron chi connectivity index (χ4n) is 3.16. The van der Waals surface area contributed by atoms with E-state index in [0.29, 0.717) is 17.9 Å². The first-order valence-corrected chi connectivity index (χ1v) is 8.74. The molecular formula is C18H28N2OS. The third-order valence-corrected chi connectivity index (χ3v) is 4.81. The largest absolute Gasteiger partial charge is 0.334 e. The van der Waals surface area contributed by atoms with Gasteiger partial charge in [0, 0.05) is 6.04 Å². The normalized spacial score (nSPS) is 15.6. The molecule has 1 saturated carbocycles. The van der Waals surface area contributed by atoms with Crippen LogP contribution in [-0.2, 0) is 0 Å². The van der Waals surface area contributed by atoms with Crippen molar-refractivity contribution in [1.29, 1.82) is 0 Å². The molecule has 0 radical (unpaired) electrons. The Morgan fingerprint density at radius 3 is 2.09 bits per heavy atom. The summed E-state index contributed by atoms with van der Waals surface area (Å²) in [5.41, 5.74) is 3.29. The molecule has 0 spiro atoms. The van der Waals surface area contributed by atoms with E-state index in [-0.39, 0.29) is 6.03 Å². The fourth-order valence-corrected chi connectivity index (χ4v) is 3.45. The monoisotopic (exact) mass is 320 g/mol. The number of urea groups is 1. The molecule has 0 bridgehead atoms. The molecule has 1 fully saturated rings. The average molecular weight is 321 g/mol. The standard InChI is InChI=1S/C18H28N2OS/c1-12(2)15-10-7-11-16(13(3)4)17(15)20(22)18(21)19-14-8-5-6-9-14/h7,10-14,22H,5-6,8-9H2,1-4H3,(H,19,21). The Hall–Kier alpha value is -1.16. The van der Waals surface area contributed by atoms with Gasteiger partial charge in [0.05, 0.1) is 5.69 Å². The number of thiol groups is 1. The predicted molar refractivity (Wildman–Crippen MR) is 96.9 cm³/mol. The van der Waals surface area contributed by atoms with E-state index in [1.165, 1.54) is 28.3 Å².